The fourth-order valence-electron chi connectivity index (χ4n) is 5.15. The van der Waals surface area contributed by atoms with E-state index in [2.05, 4.69) is 83.3 Å². The van der Waals surface area contributed by atoms with E-state index < -0.39 is 0 Å². The van der Waals surface area contributed by atoms with Crippen LogP contribution in [0.15, 0.2) is 85.2 Å². The minimum absolute atomic E-state index is 0.0978. The molecule has 0 aliphatic heterocycles. The number of rotatable bonds is 7. The summed E-state index contributed by atoms with van der Waals surface area (Å²) in [6.45, 7) is 7.03. The van der Waals surface area contributed by atoms with Crippen LogP contribution in [-0.2, 0) is 16.1 Å². The predicted molar refractivity (Wildman–Crippen MR) is 157 cm³/mol. The lowest BCUT2D eigenvalue weighted by Gasteiger charge is -2.14. The van der Waals surface area contributed by atoms with Gasteiger partial charge < -0.3 is 9.88 Å². The number of carbonyl (C=O) groups is 1. The van der Waals surface area contributed by atoms with Gasteiger partial charge in [0, 0.05) is 40.8 Å². The normalized spacial score (nSPS) is 13.1. The first-order valence-electron chi connectivity index (χ1n) is 13.8. The molecule has 0 saturated heterocycles. The summed E-state index contributed by atoms with van der Waals surface area (Å²) >= 11 is 0. The molecular formula is C34H32N4O3. The molecule has 3 aromatic carbocycles. The van der Waals surface area contributed by atoms with E-state index in [0.29, 0.717) is 11.5 Å². The number of benzene rings is 3. The summed E-state index contributed by atoms with van der Waals surface area (Å²) in [6, 6.07) is 25.0. The van der Waals surface area contributed by atoms with Crippen LogP contribution in [0.5, 0.6) is 0 Å². The SMILES string of the molecule is Cc1c(C)n(Cc2ccc(-c3ccccc3)cc2)c2ccc(C(=O)N[C@@H](C)c3cncc(C4CC4)n3)cc12.O=C=O. The summed E-state index contributed by atoms with van der Waals surface area (Å²) in [5.41, 5.74) is 9.73. The van der Waals surface area contributed by atoms with E-state index in [0.717, 1.165) is 28.8 Å². The molecule has 1 amide bonds. The number of aromatic nitrogens is 3. The average Bonchev–Trinajstić information content (AvgIpc) is 3.83. The second-order valence-electron chi connectivity index (χ2n) is 10.5. The molecule has 5 aromatic rings. The van der Waals surface area contributed by atoms with Crippen LogP contribution in [0.4, 0.5) is 0 Å². The molecule has 1 aliphatic rings. The first kappa shape index (κ1) is 27.7. The zero-order valence-corrected chi connectivity index (χ0v) is 23.4. The Morgan fingerprint density at radius 1 is 0.976 bits per heavy atom. The molecule has 1 atom stereocenters. The molecule has 2 aromatic heterocycles. The monoisotopic (exact) mass is 544 g/mol. The van der Waals surface area contributed by atoms with Crippen molar-refractivity contribution in [3.63, 3.8) is 0 Å². The van der Waals surface area contributed by atoms with E-state index >= 15 is 0 Å². The van der Waals surface area contributed by atoms with Crippen LogP contribution in [0.3, 0.4) is 0 Å². The molecule has 2 heterocycles. The van der Waals surface area contributed by atoms with Crippen LogP contribution in [-0.4, -0.2) is 26.6 Å². The van der Waals surface area contributed by atoms with Gasteiger partial charge in [0.15, 0.2) is 0 Å². The quantitative estimate of drug-likeness (QED) is 0.251. The molecule has 7 nitrogen and oxygen atoms in total. The third-order valence-electron chi connectivity index (χ3n) is 7.76. The van der Waals surface area contributed by atoms with Crippen molar-refractivity contribution in [1.29, 1.82) is 0 Å². The minimum atomic E-state index is -0.212. The van der Waals surface area contributed by atoms with Gasteiger partial charge in [-0.1, -0.05) is 54.6 Å². The predicted octanol–water partition coefficient (Wildman–Crippen LogP) is 6.55. The summed E-state index contributed by atoms with van der Waals surface area (Å²) < 4.78 is 2.34. The Kier molecular flexibility index (Phi) is 8.18. The maximum absolute atomic E-state index is 13.2. The summed E-state index contributed by atoms with van der Waals surface area (Å²) in [6.07, 6.45) is 6.20. The van der Waals surface area contributed by atoms with E-state index in [1.54, 1.807) is 6.20 Å². The number of fused-ring (bicyclic) bond motifs is 1. The summed E-state index contributed by atoms with van der Waals surface area (Å²) in [5, 5.41) is 4.23. The third-order valence-corrected chi connectivity index (χ3v) is 7.76. The van der Waals surface area contributed by atoms with E-state index in [1.165, 1.54) is 40.8 Å². The van der Waals surface area contributed by atoms with Crippen molar-refractivity contribution in [3.8, 4) is 11.1 Å². The average molecular weight is 545 g/mol. The zero-order valence-electron chi connectivity index (χ0n) is 23.4. The van der Waals surface area contributed by atoms with E-state index in [9.17, 15) is 4.79 Å². The maximum atomic E-state index is 13.2. The highest BCUT2D eigenvalue weighted by Gasteiger charge is 2.26. The van der Waals surface area contributed by atoms with Gasteiger partial charge in [0.05, 0.1) is 23.6 Å². The highest BCUT2D eigenvalue weighted by molar-refractivity contribution is 5.99. The van der Waals surface area contributed by atoms with Gasteiger partial charge >= 0.3 is 6.15 Å². The number of nitrogens with one attached hydrogen (secondary N) is 1. The van der Waals surface area contributed by atoms with Gasteiger partial charge in [-0.15, -0.1) is 0 Å². The van der Waals surface area contributed by atoms with Gasteiger partial charge in [0.1, 0.15) is 0 Å². The molecule has 1 aliphatic carbocycles. The number of nitrogens with zero attached hydrogens (tertiary/aromatic N) is 3. The molecule has 206 valence electrons. The fourth-order valence-corrected chi connectivity index (χ4v) is 5.15. The molecular weight excluding hydrogens is 512 g/mol. The van der Waals surface area contributed by atoms with Crippen molar-refractivity contribution >= 4 is 23.0 Å². The van der Waals surface area contributed by atoms with Crippen LogP contribution in [0.25, 0.3) is 22.0 Å². The smallest absolute Gasteiger partial charge is 0.344 e. The highest BCUT2D eigenvalue weighted by atomic mass is 16.2. The van der Waals surface area contributed by atoms with Gasteiger partial charge in [-0.2, -0.15) is 9.59 Å². The van der Waals surface area contributed by atoms with Gasteiger partial charge in [0.2, 0.25) is 0 Å². The molecule has 6 rings (SSSR count). The molecule has 0 unspecified atom stereocenters. The van der Waals surface area contributed by atoms with Crippen LogP contribution in [0, 0.1) is 13.8 Å². The van der Waals surface area contributed by atoms with Crippen molar-refractivity contribution in [2.45, 2.75) is 52.1 Å². The lowest BCUT2D eigenvalue weighted by molar-refractivity contribution is -0.191. The number of amides is 1. The van der Waals surface area contributed by atoms with Crippen molar-refractivity contribution in [1.82, 2.24) is 19.9 Å². The standard InChI is InChI=1S/C33H32N4O.CO2/c1-21-23(3)37(20-24-9-11-26(12-10-24)25-7-5-4-6-8-25)32-16-15-28(17-29(21)32)33(38)35-22(2)30-18-34-19-31(36-30)27-13-14-27;2-1-3/h4-12,15-19,22,27H,13-14,20H2,1-3H3,(H,35,38);/t22-;/m0./s1. The molecule has 0 spiro atoms. The van der Waals surface area contributed by atoms with Crippen LogP contribution in [0.2, 0.25) is 0 Å². The lowest BCUT2D eigenvalue weighted by Crippen LogP contribution is -2.27. The molecule has 1 fully saturated rings. The minimum Gasteiger partial charge on any atom is -0.344 e. The van der Waals surface area contributed by atoms with Crippen molar-refractivity contribution in [2.75, 3.05) is 0 Å². The van der Waals surface area contributed by atoms with E-state index in [1.807, 2.05) is 31.3 Å². The van der Waals surface area contributed by atoms with Gasteiger partial charge in [-0.25, -0.2) is 0 Å². The van der Waals surface area contributed by atoms with Crippen LogP contribution in [0.1, 0.15) is 70.3 Å². The number of hydrogen-bond acceptors (Lipinski definition) is 5. The Balaban J connectivity index is 0.00000108. The molecule has 7 heteroatoms. The second kappa shape index (κ2) is 12.1. The maximum Gasteiger partial charge on any atom is 0.373 e. The molecule has 0 radical (unpaired) electrons. The van der Waals surface area contributed by atoms with E-state index in [4.69, 9.17) is 14.6 Å². The van der Waals surface area contributed by atoms with Gasteiger partial charge in [-0.05, 0) is 74.1 Å². The Hall–Kier alpha value is -4.87. The largest absolute Gasteiger partial charge is 0.373 e. The number of carbonyl (C=O) groups excluding carboxylic acids is 3. The Morgan fingerprint density at radius 3 is 2.34 bits per heavy atom. The molecule has 1 N–H and O–H groups in total. The first-order chi connectivity index (χ1) is 19.9. The lowest BCUT2D eigenvalue weighted by atomic mass is 10.0. The van der Waals surface area contributed by atoms with Crippen molar-refractivity contribution < 1.29 is 14.4 Å². The number of hydrogen-bond donors (Lipinski definition) is 1. The Morgan fingerprint density at radius 2 is 1.66 bits per heavy atom. The molecule has 1 saturated carbocycles. The first-order valence-corrected chi connectivity index (χ1v) is 13.8. The number of aryl methyl sites for hydroxylation is 1. The fraction of sp³-hybridized carbons (Fsp3) is 0.235. The summed E-state index contributed by atoms with van der Waals surface area (Å²) in [4.78, 5) is 38.5. The zero-order chi connectivity index (χ0) is 28.9. The van der Waals surface area contributed by atoms with Crippen molar-refractivity contribution in [2.24, 2.45) is 0 Å². The topological polar surface area (TPSA) is 93.9 Å². The van der Waals surface area contributed by atoms with Crippen LogP contribution < -0.4 is 5.32 Å². The van der Waals surface area contributed by atoms with Gasteiger partial charge in [-0.3, -0.25) is 14.8 Å². The Labute approximate surface area is 239 Å². The highest BCUT2D eigenvalue weighted by Crippen LogP contribution is 2.38. The van der Waals surface area contributed by atoms with E-state index in [-0.39, 0.29) is 18.1 Å². The van der Waals surface area contributed by atoms with Crippen molar-refractivity contribution in [3.05, 3.63) is 119 Å². The van der Waals surface area contributed by atoms with Crippen LogP contribution >= 0.6 is 0 Å². The summed E-state index contributed by atoms with van der Waals surface area (Å²) in [7, 11) is 0. The summed E-state index contributed by atoms with van der Waals surface area (Å²) in [5.74, 6) is 0.434. The molecule has 0 bridgehead atoms. The second-order valence-corrected chi connectivity index (χ2v) is 10.5. The third kappa shape index (κ3) is 6.16. The Bertz CT molecular complexity index is 1720. The van der Waals surface area contributed by atoms with Gasteiger partial charge in [0.25, 0.3) is 5.91 Å². The molecule has 41 heavy (non-hydrogen) atoms.